The van der Waals surface area contributed by atoms with Gasteiger partial charge in [0.05, 0.1) is 11.9 Å². The van der Waals surface area contributed by atoms with Gasteiger partial charge in [-0.15, -0.1) is 11.3 Å². The molecule has 2 aromatic carbocycles. The van der Waals surface area contributed by atoms with E-state index in [2.05, 4.69) is 14.8 Å². The molecule has 1 aliphatic rings. The van der Waals surface area contributed by atoms with E-state index in [1.807, 2.05) is 48.5 Å². The van der Waals surface area contributed by atoms with Gasteiger partial charge in [0.15, 0.2) is 0 Å². The molecule has 4 aromatic rings. The number of piperazine rings is 1. The van der Waals surface area contributed by atoms with E-state index >= 15 is 0 Å². The fraction of sp³-hybridized carbons (Fsp3) is 0.217. The van der Waals surface area contributed by atoms with Crippen molar-refractivity contribution in [3.05, 3.63) is 82.7 Å². The van der Waals surface area contributed by atoms with Gasteiger partial charge in [0.2, 0.25) is 0 Å². The number of aromatic nitrogens is 2. The van der Waals surface area contributed by atoms with Crippen LogP contribution in [0.25, 0.3) is 20.7 Å². The number of rotatable bonds is 4. The molecule has 7 heteroatoms. The molecule has 0 amide bonds. The Hall–Kier alpha value is -3.03. The second kappa shape index (κ2) is 8.01. The topological polar surface area (TPSA) is 52.2 Å². The Labute approximate surface area is 177 Å². The molecule has 0 unspecified atom stereocenters. The monoisotopic (exact) mass is 420 g/mol. The Balaban J connectivity index is 1.30. The van der Waals surface area contributed by atoms with E-state index in [0.29, 0.717) is 17.8 Å². The summed E-state index contributed by atoms with van der Waals surface area (Å²) in [5, 5.41) is 0.642. The normalized spacial score (nSPS) is 15.0. The molecule has 3 heterocycles. The van der Waals surface area contributed by atoms with Crippen LogP contribution in [-0.4, -0.2) is 41.0 Å². The molecule has 152 valence electrons. The second-order valence-corrected chi connectivity index (χ2v) is 8.48. The lowest BCUT2D eigenvalue weighted by Crippen LogP contribution is -2.46. The smallest absolute Gasteiger partial charge is 0.259 e. The maximum Gasteiger partial charge on any atom is 0.259 e. The third-order valence-electron chi connectivity index (χ3n) is 5.45. The van der Waals surface area contributed by atoms with Gasteiger partial charge in [-0.3, -0.25) is 9.69 Å². The molecule has 1 aliphatic heterocycles. The number of anilines is 1. The quantitative estimate of drug-likeness (QED) is 0.540. The summed E-state index contributed by atoms with van der Waals surface area (Å²) in [5.41, 5.74) is 2.05. The van der Waals surface area contributed by atoms with Gasteiger partial charge >= 0.3 is 0 Å². The Morgan fingerprint density at radius 3 is 2.47 bits per heavy atom. The molecule has 30 heavy (non-hydrogen) atoms. The van der Waals surface area contributed by atoms with Crippen LogP contribution in [0.3, 0.4) is 0 Å². The van der Waals surface area contributed by atoms with Gasteiger partial charge in [-0.25, -0.2) is 9.37 Å². The Morgan fingerprint density at radius 2 is 1.73 bits per heavy atom. The summed E-state index contributed by atoms with van der Waals surface area (Å²) < 4.78 is 13.1. The predicted octanol–water partition coefficient (Wildman–Crippen LogP) is 4.11. The van der Waals surface area contributed by atoms with E-state index < -0.39 is 0 Å². The fourth-order valence-electron chi connectivity index (χ4n) is 3.82. The number of halogens is 1. The lowest BCUT2D eigenvalue weighted by atomic mass is 10.2. The summed E-state index contributed by atoms with van der Waals surface area (Å²) in [6, 6.07) is 18.6. The number of nitrogens with one attached hydrogen (secondary N) is 1. The Bertz CT molecular complexity index is 1210. The molecule has 1 N–H and O–H groups in total. The Kier molecular flexibility index (Phi) is 5.06. The zero-order valence-electron chi connectivity index (χ0n) is 16.3. The van der Waals surface area contributed by atoms with Crippen molar-refractivity contribution in [2.45, 2.75) is 6.54 Å². The summed E-state index contributed by atoms with van der Waals surface area (Å²) in [5.74, 6) is 0.482. The van der Waals surface area contributed by atoms with Gasteiger partial charge in [-0.2, -0.15) is 0 Å². The van der Waals surface area contributed by atoms with E-state index in [4.69, 9.17) is 4.98 Å². The van der Waals surface area contributed by atoms with Gasteiger partial charge in [0.1, 0.15) is 16.5 Å². The SMILES string of the molecule is O=c1[nH]c(CN2CCN(c3ccc(F)cc3)CC2)nc2sc(-c3ccccc3)cc12. The van der Waals surface area contributed by atoms with Crippen molar-refractivity contribution in [1.82, 2.24) is 14.9 Å². The molecule has 5 rings (SSSR count). The van der Waals surface area contributed by atoms with Crippen LogP contribution in [0, 0.1) is 5.82 Å². The van der Waals surface area contributed by atoms with Crippen LogP contribution in [0.5, 0.6) is 0 Å². The number of hydrogen-bond donors (Lipinski definition) is 1. The first-order valence-corrected chi connectivity index (χ1v) is 10.8. The van der Waals surface area contributed by atoms with Crippen LogP contribution in [-0.2, 0) is 6.54 Å². The largest absolute Gasteiger partial charge is 0.369 e. The summed E-state index contributed by atoms with van der Waals surface area (Å²) in [6.07, 6.45) is 0. The number of aromatic amines is 1. The first-order valence-electron chi connectivity index (χ1n) is 9.97. The summed E-state index contributed by atoms with van der Waals surface area (Å²) in [4.78, 5) is 26.7. The molecular formula is C23H21FN4OS. The van der Waals surface area contributed by atoms with Gasteiger partial charge in [0, 0.05) is 36.7 Å². The minimum absolute atomic E-state index is 0.0848. The van der Waals surface area contributed by atoms with Crippen molar-refractivity contribution in [3.8, 4) is 10.4 Å². The number of fused-ring (bicyclic) bond motifs is 1. The lowest BCUT2D eigenvalue weighted by Gasteiger charge is -2.35. The van der Waals surface area contributed by atoms with Crippen LogP contribution in [0.1, 0.15) is 5.82 Å². The molecule has 5 nitrogen and oxygen atoms in total. The van der Waals surface area contributed by atoms with E-state index in [1.54, 1.807) is 11.3 Å². The zero-order valence-corrected chi connectivity index (χ0v) is 17.2. The first-order chi connectivity index (χ1) is 14.7. The highest BCUT2D eigenvalue weighted by atomic mass is 32.1. The number of thiophene rings is 1. The average molecular weight is 421 g/mol. The highest BCUT2D eigenvalue weighted by Gasteiger charge is 2.19. The second-order valence-electron chi connectivity index (χ2n) is 7.45. The molecule has 0 radical (unpaired) electrons. The van der Waals surface area contributed by atoms with E-state index in [9.17, 15) is 9.18 Å². The van der Waals surface area contributed by atoms with Crippen molar-refractivity contribution in [1.29, 1.82) is 0 Å². The van der Waals surface area contributed by atoms with Gasteiger partial charge in [0.25, 0.3) is 5.56 Å². The minimum atomic E-state index is -0.216. The molecule has 2 aromatic heterocycles. The number of benzene rings is 2. The highest BCUT2D eigenvalue weighted by molar-refractivity contribution is 7.21. The average Bonchev–Trinajstić information content (AvgIpc) is 3.20. The maximum atomic E-state index is 13.1. The summed E-state index contributed by atoms with van der Waals surface area (Å²) in [6.45, 7) is 4.04. The maximum absolute atomic E-state index is 13.1. The van der Waals surface area contributed by atoms with Crippen molar-refractivity contribution >= 4 is 27.2 Å². The van der Waals surface area contributed by atoms with E-state index in [0.717, 1.165) is 47.1 Å². The number of nitrogens with zero attached hydrogens (tertiary/aromatic N) is 3. The van der Waals surface area contributed by atoms with Crippen molar-refractivity contribution < 1.29 is 4.39 Å². The highest BCUT2D eigenvalue weighted by Crippen LogP contribution is 2.30. The summed E-state index contributed by atoms with van der Waals surface area (Å²) >= 11 is 1.55. The molecule has 0 atom stereocenters. The zero-order chi connectivity index (χ0) is 20.5. The fourth-order valence-corrected chi connectivity index (χ4v) is 4.88. The standard InChI is InChI=1S/C23H21FN4OS/c24-17-6-8-18(9-7-17)28-12-10-27(11-13-28)15-21-25-22(29)19-14-20(30-23(19)26-21)16-4-2-1-3-5-16/h1-9,14H,10-13,15H2,(H,25,26,29). The van der Waals surface area contributed by atoms with E-state index in [-0.39, 0.29) is 11.4 Å². The van der Waals surface area contributed by atoms with Gasteiger partial charge in [-0.05, 0) is 35.9 Å². The van der Waals surface area contributed by atoms with Crippen molar-refractivity contribution in [2.75, 3.05) is 31.1 Å². The molecule has 1 fully saturated rings. The molecule has 0 aliphatic carbocycles. The molecule has 0 bridgehead atoms. The Morgan fingerprint density at radius 1 is 1.00 bits per heavy atom. The summed E-state index contributed by atoms with van der Waals surface area (Å²) in [7, 11) is 0. The van der Waals surface area contributed by atoms with Gasteiger partial charge < -0.3 is 9.88 Å². The van der Waals surface area contributed by atoms with Crippen LogP contribution < -0.4 is 10.5 Å². The van der Waals surface area contributed by atoms with Crippen LogP contribution in [0.2, 0.25) is 0 Å². The van der Waals surface area contributed by atoms with Crippen molar-refractivity contribution in [3.63, 3.8) is 0 Å². The van der Waals surface area contributed by atoms with Crippen LogP contribution in [0.4, 0.5) is 10.1 Å². The first kappa shape index (κ1) is 19.0. The van der Waals surface area contributed by atoms with Crippen LogP contribution >= 0.6 is 11.3 Å². The van der Waals surface area contributed by atoms with Gasteiger partial charge in [-0.1, -0.05) is 30.3 Å². The van der Waals surface area contributed by atoms with Crippen LogP contribution in [0.15, 0.2) is 65.5 Å². The molecule has 0 saturated carbocycles. The molecular weight excluding hydrogens is 399 g/mol. The molecule has 1 saturated heterocycles. The third-order valence-corrected chi connectivity index (χ3v) is 6.53. The number of H-pyrrole nitrogens is 1. The van der Waals surface area contributed by atoms with Crippen molar-refractivity contribution in [2.24, 2.45) is 0 Å². The third kappa shape index (κ3) is 3.86. The molecule has 0 spiro atoms. The number of hydrogen-bond acceptors (Lipinski definition) is 5. The lowest BCUT2D eigenvalue weighted by molar-refractivity contribution is 0.244. The van der Waals surface area contributed by atoms with E-state index in [1.165, 1.54) is 12.1 Å². The predicted molar refractivity (Wildman–Crippen MR) is 120 cm³/mol. The minimum Gasteiger partial charge on any atom is -0.369 e.